The molecular formula is C21H23F2N7O. The largest absolute Gasteiger partial charge is 0.354 e. The molecule has 162 valence electrons. The standard InChI is InChI=1S/C21H23F2N7O/c1-13-9-30-11-15(6-17(23)20(30)26-13)27-21(31)18-7-25-19(8-24-18)29-5-3-16(12-29)28-4-2-14(22)10-28/h6-9,11,14,16H,2-5,10,12H2,1H3,(H,27,31). The molecule has 2 atom stereocenters. The zero-order valence-electron chi connectivity index (χ0n) is 17.1. The van der Waals surface area contributed by atoms with Crippen LogP contribution in [-0.4, -0.2) is 68.6 Å². The molecule has 2 aliphatic rings. The van der Waals surface area contributed by atoms with Gasteiger partial charge in [0.2, 0.25) is 0 Å². The Labute approximate surface area is 177 Å². The van der Waals surface area contributed by atoms with E-state index in [-0.39, 0.29) is 11.3 Å². The molecule has 0 bridgehead atoms. The molecule has 0 radical (unpaired) electrons. The number of aryl methyl sites for hydroxylation is 1. The lowest BCUT2D eigenvalue weighted by atomic mass is 10.2. The first-order chi connectivity index (χ1) is 15.0. The van der Waals surface area contributed by atoms with Crippen LogP contribution in [0.25, 0.3) is 5.65 Å². The number of amides is 1. The van der Waals surface area contributed by atoms with Gasteiger partial charge in [-0.2, -0.15) is 0 Å². The predicted molar refractivity (Wildman–Crippen MR) is 112 cm³/mol. The number of carbonyl (C=O) groups is 1. The molecule has 0 saturated carbocycles. The monoisotopic (exact) mass is 427 g/mol. The van der Waals surface area contributed by atoms with E-state index in [1.807, 2.05) is 0 Å². The van der Waals surface area contributed by atoms with Crippen molar-refractivity contribution in [3.63, 3.8) is 0 Å². The molecule has 3 aromatic heterocycles. The maximum Gasteiger partial charge on any atom is 0.275 e. The maximum absolute atomic E-state index is 14.2. The van der Waals surface area contributed by atoms with E-state index in [0.29, 0.717) is 36.2 Å². The number of carbonyl (C=O) groups excluding carboxylic acids is 1. The summed E-state index contributed by atoms with van der Waals surface area (Å²) in [4.78, 5) is 29.6. The lowest BCUT2D eigenvalue weighted by Crippen LogP contribution is -2.36. The molecule has 2 saturated heterocycles. The number of pyridine rings is 1. The predicted octanol–water partition coefficient (Wildman–Crippen LogP) is 2.45. The van der Waals surface area contributed by atoms with Crippen molar-refractivity contribution in [2.24, 2.45) is 0 Å². The average molecular weight is 427 g/mol. The molecule has 3 aromatic rings. The Hall–Kier alpha value is -3.14. The Bertz CT molecular complexity index is 1120. The van der Waals surface area contributed by atoms with Crippen LogP contribution in [0.1, 0.15) is 29.0 Å². The highest BCUT2D eigenvalue weighted by molar-refractivity contribution is 6.02. The van der Waals surface area contributed by atoms with Gasteiger partial charge in [-0.05, 0) is 19.8 Å². The first-order valence-corrected chi connectivity index (χ1v) is 10.4. The summed E-state index contributed by atoms with van der Waals surface area (Å²) >= 11 is 0. The fourth-order valence-corrected chi connectivity index (χ4v) is 4.37. The van der Waals surface area contributed by atoms with Gasteiger partial charge in [0.25, 0.3) is 5.91 Å². The summed E-state index contributed by atoms with van der Waals surface area (Å²) in [6.07, 6.45) is 7.11. The Balaban J connectivity index is 1.24. The van der Waals surface area contributed by atoms with Gasteiger partial charge in [-0.1, -0.05) is 0 Å². The summed E-state index contributed by atoms with van der Waals surface area (Å²) in [5.74, 6) is -0.301. The van der Waals surface area contributed by atoms with Crippen LogP contribution < -0.4 is 10.2 Å². The van der Waals surface area contributed by atoms with Crippen LogP contribution in [0.4, 0.5) is 20.3 Å². The van der Waals surface area contributed by atoms with Crippen molar-refractivity contribution in [3.05, 3.63) is 48.1 Å². The Morgan fingerprint density at radius 2 is 2.03 bits per heavy atom. The normalized spacial score (nSPS) is 21.8. The summed E-state index contributed by atoms with van der Waals surface area (Å²) in [6.45, 7) is 4.68. The highest BCUT2D eigenvalue weighted by Crippen LogP contribution is 2.25. The fourth-order valence-electron chi connectivity index (χ4n) is 4.37. The average Bonchev–Trinajstić information content (AvgIpc) is 3.47. The van der Waals surface area contributed by atoms with Crippen molar-refractivity contribution in [1.82, 2.24) is 24.3 Å². The van der Waals surface area contributed by atoms with E-state index < -0.39 is 17.9 Å². The van der Waals surface area contributed by atoms with E-state index in [1.54, 1.807) is 25.5 Å². The van der Waals surface area contributed by atoms with Crippen molar-refractivity contribution < 1.29 is 13.6 Å². The van der Waals surface area contributed by atoms with Crippen LogP contribution in [0.2, 0.25) is 0 Å². The van der Waals surface area contributed by atoms with Crippen molar-refractivity contribution in [3.8, 4) is 0 Å². The van der Waals surface area contributed by atoms with E-state index in [4.69, 9.17) is 0 Å². The number of hydrogen-bond acceptors (Lipinski definition) is 6. The third-order valence-corrected chi connectivity index (χ3v) is 5.92. The van der Waals surface area contributed by atoms with Gasteiger partial charge in [-0.15, -0.1) is 0 Å². The van der Waals surface area contributed by atoms with Crippen molar-refractivity contribution in [1.29, 1.82) is 0 Å². The number of halogens is 2. The number of anilines is 2. The van der Waals surface area contributed by atoms with Gasteiger partial charge in [-0.25, -0.2) is 23.7 Å². The second-order valence-corrected chi connectivity index (χ2v) is 8.17. The topological polar surface area (TPSA) is 78.7 Å². The molecule has 5 rings (SSSR count). The zero-order valence-corrected chi connectivity index (χ0v) is 17.1. The zero-order chi connectivity index (χ0) is 21.5. The molecule has 2 fully saturated rings. The van der Waals surface area contributed by atoms with Gasteiger partial charge < -0.3 is 14.6 Å². The molecule has 31 heavy (non-hydrogen) atoms. The minimum Gasteiger partial charge on any atom is -0.354 e. The first-order valence-electron chi connectivity index (χ1n) is 10.4. The van der Waals surface area contributed by atoms with Gasteiger partial charge in [0.05, 0.1) is 23.8 Å². The summed E-state index contributed by atoms with van der Waals surface area (Å²) in [7, 11) is 0. The molecule has 1 N–H and O–H groups in total. The Kier molecular flexibility index (Phi) is 5.01. The number of rotatable bonds is 4. The molecule has 2 unspecified atom stereocenters. The van der Waals surface area contributed by atoms with Crippen LogP contribution in [-0.2, 0) is 0 Å². The van der Waals surface area contributed by atoms with E-state index in [2.05, 4.69) is 30.1 Å². The van der Waals surface area contributed by atoms with E-state index in [0.717, 1.165) is 26.1 Å². The maximum atomic E-state index is 14.2. The number of hydrogen-bond donors (Lipinski definition) is 1. The van der Waals surface area contributed by atoms with Gasteiger partial charge in [0.1, 0.15) is 17.7 Å². The number of fused-ring (bicyclic) bond motifs is 1. The lowest BCUT2D eigenvalue weighted by molar-refractivity contribution is 0.102. The number of likely N-dealkylation sites (tertiary alicyclic amines) is 1. The molecule has 0 spiro atoms. The quantitative estimate of drug-likeness (QED) is 0.689. The number of nitrogens with one attached hydrogen (secondary N) is 1. The second-order valence-electron chi connectivity index (χ2n) is 8.17. The first kappa shape index (κ1) is 19.8. The van der Waals surface area contributed by atoms with Gasteiger partial charge >= 0.3 is 0 Å². The van der Waals surface area contributed by atoms with Crippen LogP contribution in [0, 0.1) is 12.7 Å². The number of aromatic nitrogens is 4. The number of nitrogens with zero attached hydrogens (tertiary/aromatic N) is 6. The third kappa shape index (κ3) is 3.95. The molecule has 2 aliphatic heterocycles. The molecule has 10 heteroatoms. The van der Waals surface area contributed by atoms with Gasteiger partial charge in [-0.3, -0.25) is 9.69 Å². The van der Waals surface area contributed by atoms with Crippen LogP contribution in [0.3, 0.4) is 0 Å². The molecule has 8 nitrogen and oxygen atoms in total. The summed E-state index contributed by atoms with van der Waals surface area (Å²) in [5, 5.41) is 2.65. The summed E-state index contributed by atoms with van der Waals surface area (Å²) in [5.41, 5.74) is 1.33. The van der Waals surface area contributed by atoms with Crippen LogP contribution >= 0.6 is 0 Å². The highest BCUT2D eigenvalue weighted by Gasteiger charge is 2.33. The minimum atomic E-state index is -0.723. The molecule has 0 aliphatic carbocycles. The molecule has 0 aromatic carbocycles. The SMILES string of the molecule is Cc1cn2cc(NC(=O)c3cnc(N4CCC(N5CCC(F)C5)C4)cn3)cc(F)c2n1. The van der Waals surface area contributed by atoms with E-state index in [9.17, 15) is 13.6 Å². The smallest absolute Gasteiger partial charge is 0.275 e. The lowest BCUT2D eigenvalue weighted by Gasteiger charge is -2.23. The van der Waals surface area contributed by atoms with Crippen LogP contribution in [0.15, 0.2) is 30.9 Å². The molecule has 5 heterocycles. The highest BCUT2D eigenvalue weighted by atomic mass is 19.1. The van der Waals surface area contributed by atoms with Gasteiger partial charge in [0, 0.05) is 50.7 Å². The second kappa shape index (κ2) is 7.84. The Morgan fingerprint density at radius 1 is 1.16 bits per heavy atom. The molecule has 1 amide bonds. The van der Waals surface area contributed by atoms with Crippen molar-refractivity contribution >= 4 is 23.1 Å². The fraction of sp³-hybridized carbons (Fsp3) is 0.429. The van der Waals surface area contributed by atoms with Crippen molar-refractivity contribution in [2.75, 3.05) is 36.4 Å². The number of alkyl halides is 1. The third-order valence-electron chi connectivity index (χ3n) is 5.92. The van der Waals surface area contributed by atoms with E-state index in [1.165, 1.54) is 16.7 Å². The van der Waals surface area contributed by atoms with Gasteiger partial charge in [0.15, 0.2) is 11.5 Å². The Morgan fingerprint density at radius 3 is 2.77 bits per heavy atom. The summed E-state index contributed by atoms with van der Waals surface area (Å²) < 4.78 is 29.2. The van der Waals surface area contributed by atoms with Crippen LogP contribution in [0.5, 0.6) is 0 Å². The number of imidazole rings is 1. The van der Waals surface area contributed by atoms with E-state index >= 15 is 0 Å². The minimum absolute atomic E-state index is 0.140. The molecular weight excluding hydrogens is 404 g/mol. The van der Waals surface area contributed by atoms with Crippen molar-refractivity contribution in [2.45, 2.75) is 32.0 Å². The summed E-state index contributed by atoms with van der Waals surface area (Å²) in [6, 6.07) is 1.55.